The Labute approximate surface area is 230 Å². The zero-order chi connectivity index (χ0) is 27.8. The Morgan fingerprint density at radius 3 is 2.55 bits per heavy atom. The lowest BCUT2D eigenvalue weighted by Gasteiger charge is -2.23. The first-order valence-corrected chi connectivity index (χ1v) is 12.8. The van der Waals surface area contributed by atoms with Crippen molar-refractivity contribution in [2.24, 2.45) is 10.9 Å². The monoisotopic (exact) mass is 561 g/mol. The first kappa shape index (κ1) is 29.0. The van der Waals surface area contributed by atoms with Gasteiger partial charge in [-0.1, -0.05) is 42.3 Å². The van der Waals surface area contributed by atoms with Gasteiger partial charge in [0.1, 0.15) is 11.8 Å². The number of aromatic hydroxyl groups is 1. The summed E-state index contributed by atoms with van der Waals surface area (Å²) in [4.78, 5) is 30.4. The fraction of sp³-hybridized carbons (Fsp3) is 0.385. The number of amides is 1. The van der Waals surface area contributed by atoms with E-state index in [1.165, 1.54) is 24.3 Å². The predicted octanol–water partition coefficient (Wildman–Crippen LogP) is 3.32. The van der Waals surface area contributed by atoms with Crippen LogP contribution in [0.2, 0.25) is 10.0 Å². The Bertz CT molecular complexity index is 1230. The Morgan fingerprint density at radius 1 is 1.26 bits per heavy atom. The number of carbonyl (C=O) groups is 2. The summed E-state index contributed by atoms with van der Waals surface area (Å²) in [5, 5.41) is 44.0. The van der Waals surface area contributed by atoms with Crippen LogP contribution in [-0.2, 0) is 11.2 Å². The minimum Gasteiger partial charge on any atom is -0.508 e. The Kier molecular flexibility index (Phi) is 10.2. The molecule has 1 amide bonds. The number of hydrogen-bond acceptors (Lipinski definition) is 6. The van der Waals surface area contributed by atoms with Gasteiger partial charge in [0.05, 0.1) is 21.7 Å². The molecule has 1 fully saturated rings. The van der Waals surface area contributed by atoms with Crippen LogP contribution in [0, 0.1) is 17.4 Å². The second-order valence-electron chi connectivity index (χ2n) is 9.20. The molecule has 0 saturated carbocycles. The molecule has 38 heavy (non-hydrogen) atoms. The number of hydrogen-bond donors (Lipinski definition) is 5. The van der Waals surface area contributed by atoms with E-state index in [0.29, 0.717) is 43.0 Å². The fourth-order valence-corrected chi connectivity index (χ4v) is 4.91. The Balaban J connectivity index is 1.65. The van der Waals surface area contributed by atoms with Crippen molar-refractivity contribution in [3.8, 4) is 11.9 Å². The van der Waals surface area contributed by atoms with Crippen LogP contribution in [-0.4, -0.2) is 63.7 Å². The van der Waals surface area contributed by atoms with E-state index in [1.54, 1.807) is 18.3 Å². The molecule has 3 atom stereocenters. The van der Waals surface area contributed by atoms with E-state index in [2.05, 4.69) is 22.5 Å². The van der Waals surface area contributed by atoms with Gasteiger partial charge in [-0.05, 0) is 60.6 Å². The van der Waals surface area contributed by atoms with Gasteiger partial charge in [-0.2, -0.15) is 5.26 Å². The van der Waals surface area contributed by atoms with Gasteiger partial charge in [0.15, 0.2) is 0 Å². The van der Waals surface area contributed by atoms with Crippen LogP contribution in [0.3, 0.4) is 0 Å². The number of phenols is 1. The second kappa shape index (κ2) is 13.3. The third kappa shape index (κ3) is 7.74. The van der Waals surface area contributed by atoms with Crippen molar-refractivity contribution in [2.75, 3.05) is 19.6 Å². The molecule has 3 rings (SSSR count). The normalized spacial score (nSPS) is 17.0. The highest BCUT2D eigenvalue weighted by Crippen LogP contribution is 2.29. The van der Waals surface area contributed by atoms with Crippen molar-refractivity contribution in [2.45, 2.75) is 38.3 Å². The summed E-state index contributed by atoms with van der Waals surface area (Å²) in [6.07, 6.45) is 2.51. The minimum absolute atomic E-state index is 0.0340. The molecule has 0 spiro atoms. The summed E-state index contributed by atoms with van der Waals surface area (Å²) in [6, 6.07) is 8.06. The SMILES string of the molecule is C[C@H]1CCN(/C(=N/C#N)NC[C@H](NC(=O)c2c(Cl)cc(CCC(O)c3cccc(O)c3)cc2Cl)C(=O)O)C1. The molecular formula is C26H29Cl2N5O5. The van der Waals surface area contributed by atoms with Crippen LogP contribution in [0.4, 0.5) is 0 Å². The molecule has 1 aliphatic heterocycles. The van der Waals surface area contributed by atoms with E-state index >= 15 is 0 Å². The van der Waals surface area contributed by atoms with E-state index in [4.69, 9.17) is 28.5 Å². The number of aliphatic carboxylic acids is 1. The van der Waals surface area contributed by atoms with Gasteiger partial charge in [-0.3, -0.25) is 4.79 Å². The van der Waals surface area contributed by atoms with Crippen molar-refractivity contribution >= 4 is 41.0 Å². The fourth-order valence-electron chi connectivity index (χ4n) is 4.21. The van der Waals surface area contributed by atoms with Gasteiger partial charge in [0, 0.05) is 19.6 Å². The highest BCUT2D eigenvalue weighted by Gasteiger charge is 2.27. The number of phenolic OH excluding ortho intramolecular Hbond substituents is 1. The van der Waals surface area contributed by atoms with Gasteiger partial charge in [-0.15, -0.1) is 4.99 Å². The number of carboxylic acid groups (broad SMARTS) is 1. The smallest absolute Gasteiger partial charge is 0.328 e. The first-order valence-electron chi connectivity index (χ1n) is 12.0. The number of likely N-dealkylation sites (tertiary alicyclic amines) is 1. The summed E-state index contributed by atoms with van der Waals surface area (Å²) in [5.74, 6) is -1.34. The number of guanidine groups is 1. The zero-order valence-electron chi connectivity index (χ0n) is 20.7. The first-order chi connectivity index (χ1) is 18.1. The van der Waals surface area contributed by atoms with Crippen LogP contribution in [0.1, 0.15) is 47.4 Å². The molecule has 10 nitrogen and oxygen atoms in total. The van der Waals surface area contributed by atoms with Crippen LogP contribution >= 0.6 is 23.2 Å². The number of aliphatic hydroxyl groups excluding tert-OH is 1. The molecule has 0 bridgehead atoms. The van der Waals surface area contributed by atoms with E-state index in [0.717, 1.165) is 6.42 Å². The van der Waals surface area contributed by atoms with E-state index < -0.39 is 24.0 Å². The van der Waals surface area contributed by atoms with Gasteiger partial charge in [-0.25, -0.2) is 4.79 Å². The summed E-state index contributed by atoms with van der Waals surface area (Å²) in [6.45, 7) is 3.22. The van der Waals surface area contributed by atoms with E-state index in [1.807, 2.05) is 4.90 Å². The molecule has 0 aromatic heterocycles. The predicted molar refractivity (Wildman–Crippen MR) is 143 cm³/mol. The number of carboxylic acids is 1. The zero-order valence-corrected chi connectivity index (χ0v) is 22.2. The third-order valence-electron chi connectivity index (χ3n) is 6.24. The molecule has 202 valence electrons. The average Bonchev–Trinajstić information content (AvgIpc) is 3.29. The Hall–Kier alpha value is -3.52. The summed E-state index contributed by atoms with van der Waals surface area (Å²) in [7, 11) is 0. The van der Waals surface area contributed by atoms with Crippen molar-refractivity contribution < 1.29 is 24.9 Å². The van der Waals surface area contributed by atoms with Crippen molar-refractivity contribution in [3.63, 3.8) is 0 Å². The average molecular weight is 562 g/mol. The van der Waals surface area contributed by atoms with Crippen LogP contribution in [0.5, 0.6) is 5.75 Å². The molecule has 1 aliphatic rings. The largest absolute Gasteiger partial charge is 0.508 e. The van der Waals surface area contributed by atoms with Crippen LogP contribution < -0.4 is 10.6 Å². The molecule has 1 heterocycles. The van der Waals surface area contributed by atoms with E-state index in [-0.39, 0.29) is 33.9 Å². The van der Waals surface area contributed by atoms with Crippen molar-refractivity contribution in [1.29, 1.82) is 5.26 Å². The van der Waals surface area contributed by atoms with Gasteiger partial charge >= 0.3 is 5.97 Å². The molecule has 1 unspecified atom stereocenters. The lowest BCUT2D eigenvalue weighted by molar-refractivity contribution is -0.139. The standard InChI is InChI=1S/C26H29Cl2N5O5/c1-15-7-8-33(13-15)26(31-14-29)30-12-21(25(37)38)32-24(36)23-19(27)9-16(10-20(23)28)5-6-22(35)17-3-2-4-18(34)11-17/h2-4,9-11,15,21-22,34-35H,5-8,12-13H2,1H3,(H,30,31)(H,32,36)(H,37,38)/t15-,21-,22?/m0/s1. The molecule has 2 aromatic rings. The van der Waals surface area contributed by atoms with Crippen molar-refractivity contribution in [3.05, 3.63) is 63.1 Å². The quantitative estimate of drug-likeness (QED) is 0.177. The molecule has 1 saturated heterocycles. The number of nitrogens with zero attached hydrogens (tertiary/aromatic N) is 3. The summed E-state index contributed by atoms with van der Waals surface area (Å²) >= 11 is 12.7. The minimum atomic E-state index is -1.35. The van der Waals surface area contributed by atoms with Crippen molar-refractivity contribution in [1.82, 2.24) is 15.5 Å². The topological polar surface area (TPSA) is 158 Å². The lowest BCUT2D eigenvalue weighted by Crippen LogP contribution is -2.51. The molecule has 5 N–H and O–H groups in total. The lowest BCUT2D eigenvalue weighted by atomic mass is 10.00. The molecule has 0 radical (unpaired) electrons. The number of halogens is 2. The number of nitrogens with one attached hydrogen (secondary N) is 2. The number of benzene rings is 2. The van der Waals surface area contributed by atoms with Gasteiger partial charge < -0.3 is 30.9 Å². The second-order valence-corrected chi connectivity index (χ2v) is 10.0. The maximum Gasteiger partial charge on any atom is 0.328 e. The number of rotatable bonds is 9. The Morgan fingerprint density at radius 2 is 1.97 bits per heavy atom. The number of aliphatic hydroxyl groups is 1. The van der Waals surface area contributed by atoms with Crippen LogP contribution in [0.25, 0.3) is 0 Å². The van der Waals surface area contributed by atoms with Crippen LogP contribution in [0.15, 0.2) is 41.4 Å². The molecule has 12 heteroatoms. The molecule has 2 aromatic carbocycles. The van der Waals surface area contributed by atoms with Gasteiger partial charge in [0.25, 0.3) is 5.91 Å². The number of aryl methyl sites for hydroxylation is 1. The number of carbonyl (C=O) groups excluding carboxylic acids is 1. The maximum absolute atomic E-state index is 12.9. The summed E-state index contributed by atoms with van der Waals surface area (Å²) < 4.78 is 0. The summed E-state index contributed by atoms with van der Waals surface area (Å²) in [5.41, 5.74) is 1.16. The molecule has 0 aliphatic carbocycles. The number of aliphatic imine (C=N–C) groups is 1. The highest BCUT2D eigenvalue weighted by molar-refractivity contribution is 6.39. The van der Waals surface area contributed by atoms with E-state index in [9.17, 15) is 24.9 Å². The van der Waals surface area contributed by atoms with Gasteiger partial charge in [0.2, 0.25) is 12.2 Å². The molecular weight excluding hydrogens is 533 g/mol. The maximum atomic E-state index is 12.9. The number of nitriles is 1. The third-order valence-corrected chi connectivity index (χ3v) is 6.83. The highest BCUT2D eigenvalue weighted by atomic mass is 35.5.